The van der Waals surface area contributed by atoms with E-state index in [0.29, 0.717) is 0 Å². The fourth-order valence-electron chi connectivity index (χ4n) is 2.84. The molecule has 0 aliphatic carbocycles. The number of ether oxygens (including phenoxy) is 4. The molecule has 0 amide bonds. The van der Waals surface area contributed by atoms with E-state index in [1.165, 1.54) is 0 Å². The van der Waals surface area contributed by atoms with E-state index in [9.17, 15) is 35.7 Å². The fraction of sp³-hybridized carbons (Fsp3) is 0.714. The predicted octanol–water partition coefficient (Wildman–Crippen LogP) is -2.39. The van der Waals surface area contributed by atoms with Gasteiger partial charge in [0.1, 0.15) is 48.8 Å². The molecule has 0 bridgehead atoms. The Labute approximate surface area is 338 Å². The van der Waals surface area contributed by atoms with Crippen molar-refractivity contribution in [2.24, 2.45) is 0 Å². The lowest BCUT2D eigenvalue weighted by Crippen LogP contribution is -2.65. The van der Waals surface area contributed by atoms with Crippen molar-refractivity contribution < 1.29 is 124 Å². The monoisotopic (exact) mass is 905 g/mol. The largest absolute Gasteiger partial charge is 0.481 e. The fourth-order valence-corrected chi connectivity index (χ4v) is 2.97. The summed E-state index contributed by atoms with van der Waals surface area (Å²) in [5.41, 5.74) is 0. The number of rotatable bonds is 5. The van der Waals surface area contributed by atoms with Gasteiger partial charge in [0.05, 0.1) is 13.2 Å². The van der Waals surface area contributed by atoms with Gasteiger partial charge in [0.25, 0.3) is 45.6 Å². The van der Waals surface area contributed by atoms with Crippen LogP contribution in [0.15, 0.2) is 0 Å². The molecule has 2 heterocycles. The van der Waals surface area contributed by atoms with E-state index in [4.69, 9.17) is 128 Å². The molecule has 338 valence electrons. The summed E-state index contributed by atoms with van der Waals surface area (Å²) in [6, 6.07) is 0. The zero-order valence-corrected chi connectivity index (χ0v) is 33.3. The number of alkyl halides is 3. The van der Waals surface area contributed by atoms with Crippen molar-refractivity contribution in [3.05, 3.63) is 0 Å². The molecule has 1 unspecified atom stereocenters. The van der Waals surface area contributed by atoms with E-state index in [1.807, 2.05) is 0 Å². The lowest BCUT2D eigenvalue weighted by molar-refractivity contribution is -0.353. The minimum Gasteiger partial charge on any atom is -0.481 e. The molecule has 0 aromatic carbocycles. The molecule has 2 rings (SSSR count). The van der Waals surface area contributed by atoms with E-state index in [1.54, 1.807) is 0 Å². The van der Waals surface area contributed by atoms with Crippen molar-refractivity contribution >= 4 is 82.5 Å². The summed E-state index contributed by atoms with van der Waals surface area (Å²) in [6.07, 6.45) is -16.3. The minimum absolute atomic E-state index is 0.713. The molecule has 15 N–H and O–H groups in total. The highest BCUT2D eigenvalue weighted by atomic mass is 35.6. The van der Waals surface area contributed by atoms with Crippen LogP contribution < -0.4 is 0 Å². The SMILES string of the molecule is CC(=O)O.CC(=O)O.CC(=O)O.CC(=O)O.CC(=O)O.CC(=O)O.CC(=O)O.N=C(OC1O[C@H](CO)[C@@H](O[C@@H]2O[C@H](CO)[C@H](O)[C@H](O)[C@H]2O)[C@H](O)[C@H]1O)C(Cl)(Cl)Cl. The summed E-state index contributed by atoms with van der Waals surface area (Å²) in [7, 11) is 0. The highest BCUT2D eigenvalue weighted by Crippen LogP contribution is 2.32. The number of hydrogen-bond acceptors (Lipinski definition) is 19. The number of carbonyl (C=O) groups is 7. The van der Waals surface area contributed by atoms with E-state index < -0.39 is 126 Å². The van der Waals surface area contributed by atoms with Crippen molar-refractivity contribution in [3.63, 3.8) is 0 Å². The van der Waals surface area contributed by atoms with Gasteiger partial charge in [-0.2, -0.15) is 0 Å². The zero-order chi connectivity index (χ0) is 47.1. The Morgan fingerprint density at radius 2 is 0.772 bits per heavy atom. The van der Waals surface area contributed by atoms with Crippen molar-refractivity contribution in [3.8, 4) is 0 Å². The number of aliphatic hydroxyl groups is 7. The Bertz CT molecular complexity index is 1050. The highest BCUT2D eigenvalue weighted by molar-refractivity contribution is 6.76. The van der Waals surface area contributed by atoms with Gasteiger partial charge < -0.3 is 90.4 Å². The van der Waals surface area contributed by atoms with Crippen molar-refractivity contribution in [2.45, 2.75) is 114 Å². The minimum atomic E-state index is -2.27. The molecule has 0 radical (unpaired) electrons. The van der Waals surface area contributed by atoms with Gasteiger partial charge in [-0.25, -0.2) is 0 Å². The van der Waals surface area contributed by atoms with Gasteiger partial charge in [-0.3, -0.25) is 39.0 Å². The summed E-state index contributed by atoms with van der Waals surface area (Å²) in [4.78, 5) is 63.0. The zero-order valence-electron chi connectivity index (χ0n) is 31.1. The molecule has 0 aromatic heterocycles. The van der Waals surface area contributed by atoms with Crippen LogP contribution in [0.5, 0.6) is 0 Å². The number of carboxylic acid groups (broad SMARTS) is 7. The van der Waals surface area contributed by atoms with Crippen LogP contribution in [0.3, 0.4) is 0 Å². The first-order valence-corrected chi connectivity index (χ1v) is 16.0. The number of aliphatic hydroxyl groups excluding tert-OH is 7. The second-order valence-electron chi connectivity index (χ2n) is 10.1. The summed E-state index contributed by atoms with van der Waals surface area (Å²) in [5, 5.41) is 128. The third-order valence-corrected chi connectivity index (χ3v) is 4.97. The van der Waals surface area contributed by atoms with Crippen LogP contribution in [-0.2, 0) is 52.5 Å². The molecule has 57 heavy (non-hydrogen) atoms. The lowest BCUT2D eigenvalue weighted by Gasteiger charge is -2.45. The van der Waals surface area contributed by atoms with Crippen molar-refractivity contribution in [1.82, 2.24) is 0 Å². The first-order chi connectivity index (χ1) is 25.5. The molecular formula is C28H50Cl3NO25. The Morgan fingerprint density at radius 1 is 0.509 bits per heavy atom. The summed E-state index contributed by atoms with van der Waals surface area (Å²) in [5.74, 6) is -6.75. The van der Waals surface area contributed by atoms with Gasteiger partial charge in [-0.15, -0.1) is 0 Å². The second-order valence-corrected chi connectivity index (χ2v) is 12.4. The molecule has 0 saturated carbocycles. The van der Waals surface area contributed by atoms with Gasteiger partial charge in [-0.1, -0.05) is 34.8 Å². The topological polar surface area (TPSA) is 463 Å². The third kappa shape index (κ3) is 44.8. The van der Waals surface area contributed by atoms with E-state index in [2.05, 4.69) is 0 Å². The first-order valence-electron chi connectivity index (χ1n) is 14.8. The van der Waals surface area contributed by atoms with Gasteiger partial charge >= 0.3 is 0 Å². The average molecular weight is 907 g/mol. The summed E-state index contributed by atoms with van der Waals surface area (Å²) >= 11 is 16.4. The summed E-state index contributed by atoms with van der Waals surface area (Å²) < 4.78 is 18.4. The van der Waals surface area contributed by atoms with Gasteiger partial charge in [-0.05, 0) is 0 Å². The van der Waals surface area contributed by atoms with Crippen LogP contribution in [0.2, 0.25) is 0 Å². The Morgan fingerprint density at radius 3 is 1.04 bits per heavy atom. The molecule has 2 aliphatic rings. The van der Waals surface area contributed by atoms with E-state index in [0.717, 1.165) is 48.5 Å². The number of halogens is 3. The maximum atomic E-state index is 10.4. The number of carboxylic acids is 7. The lowest BCUT2D eigenvalue weighted by atomic mass is 9.97. The summed E-state index contributed by atoms with van der Waals surface area (Å²) in [6.45, 7) is 6.10. The van der Waals surface area contributed by atoms with Gasteiger partial charge in [0.15, 0.2) is 6.29 Å². The van der Waals surface area contributed by atoms with E-state index >= 15 is 0 Å². The highest BCUT2D eigenvalue weighted by Gasteiger charge is 2.51. The molecule has 2 aliphatic heterocycles. The van der Waals surface area contributed by atoms with Gasteiger partial charge in [0, 0.05) is 48.5 Å². The molecule has 0 aromatic rings. The van der Waals surface area contributed by atoms with Crippen LogP contribution in [0.1, 0.15) is 48.5 Å². The second kappa shape index (κ2) is 35.4. The van der Waals surface area contributed by atoms with Crippen LogP contribution in [0, 0.1) is 5.41 Å². The molecule has 10 atom stereocenters. The molecule has 2 saturated heterocycles. The molecule has 0 spiro atoms. The number of nitrogens with one attached hydrogen (secondary N) is 1. The predicted molar refractivity (Wildman–Crippen MR) is 189 cm³/mol. The maximum absolute atomic E-state index is 10.4. The van der Waals surface area contributed by atoms with Crippen molar-refractivity contribution in [1.29, 1.82) is 5.41 Å². The average Bonchev–Trinajstić information content (AvgIpc) is 2.98. The van der Waals surface area contributed by atoms with Crippen LogP contribution >= 0.6 is 34.8 Å². The Hall–Kier alpha value is -3.77. The molecular weight excluding hydrogens is 857 g/mol. The van der Waals surface area contributed by atoms with Crippen molar-refractivity contribution in [2.75, 3.05) is 13.2 Å². The maximum Gasteiger partial charge on any atom is 0.300 e. The van der Waals surface area contributed by atoms with Crippen LogP contribution in [-0.4, -0.2) is 198 Å². The molecule has 26 nitrogen and oxygen atoms in total. The van der Waals surface area contributed by atoms with Crippen LogP contribution in [0.25, 0.3) is 0 Å². The first kappa shape index (κ1) is 65.1. The van der Waals surface area contributed by atoms with Gasteiger partial charge in [0.2, 0.25) is 12.2 Å². The smallest absolute Gasteiger partial charge is 0.300 e. The Balaban J connectivity index is -0.000000187. The number of hydrogen-bond donors (Lipinski definition) is 15. The van der Waals surface area contributed by atoms with Crippen LogP contribution in [0.4, 0.5) is 0 Å². The third-order valence-electron chi connectivity index (χ3n) is 4.45. The molecule has 2 fully saturated rings. The standard InChI is InChI=1S/C14H22Cl3NO11.7C2H4O2/c15-14(16,17)13(18)29-12-9(25)7(23)10(4(2-20)27-12)28-11-8(24)6(22)5(21)3(1-19)26-11;7*1-2(3)4/h3-12,18-25H,1-2H2;7*1H3,(H,3,4)/t3-,4-,5+,6+,7-,8-,9-,10-,11+,12?;;;;;;;/m1......./s1. The Kier molecular flexibility index (Phi) is 40.4. The molecule has 29 heteroatoms. The number of aliphatic carboxylic acids is 7. The van der Waals surface area contributed by atoms with E-state index in [-0.39, 0.29) is 0 Å². The quantitative estimate of drug-likeness (QED) is 0.0777. The normalized spacial score (nSPS) is 25.4.